The highest BCUT2D eigenvalue weighted by molar-refractivity contribution is 6.03. The van der Waals surface area contributed by atoms with Crippen LogP contribution in [0, 0.1) is 5.92 Å². The predicted molar refractivity (Wildman–Crippen MR) is 69.9 cm³/mol. The second-order valence-corrected chi connectivity index (χ2v) is 4.70. The molecule has 0 aliphatic heterocycles. The SMILES string of the molecule is O=C(O)c1cc(NCC2CC2)nc2ccccc12. The van der Waals surface area contributed by atoms with Crippen molar-refractivity contribution in [3.8, 4) is 0 Å². The number of carboxylic acids is 1. The minimum absolute atomic E-state index is 0.305. The Morgan fingerprint density at radius 2 is 2.17 bits per heavy atom. The van der Waals surface area contributed by atoms with Crippen molar-refractivity contribution in [1.29, 1.82) is 0 Å². The van der Waals surface area contributed by atoms with Crippen LogP contribution in [0.1, 0.15) is 23.2 Å². The van der Waals surface area contributed by atoms with E-state index in [0.717, 1.165) is 18.0 Å². The minimum atomic E-state index is -0.914. The summed E-state index contributed by atoms with van der Waals surface area (Å²) in [5.74, 6) is 0.465. The number of aromatic nitrogens is 1. The van der Waals surface area contributed by atoms with Gasteiger partial charge in [0.2, 0.25) is 0 Å². The zero-order chi connectivity index (χ0) is 12.5. The molecule has 0 radical (unpaired) electrons. The maximum Gasteiger partial charge on any atom is 0.336 e. The molecule has 1 aromatic heterocycles. The molecule has 0 amide bonds. The van der Waals surface area contributed by atoms with Gasteiger partial charge >= 0.3 is 5.97 Å². The third kappa shape index (κ3) is 2.14. The molecule has 0 unspecified atom stereocenters. The molecular formula is C14H14N2O2. The van der Waals surface area contributed by atoms with E-state index in [-0.39, 0.29) is 0 Å². The van der Waals surface area contributed by atoms with E-state index < -0.39 is 5.97 Å². The summed E-state index contributed by atoms with van der Waals surface area (Å²) in [5.41, 5.74) is 1.02. The second kappa shape index (κ2) is 4.29. The van der Waals surface area contributed by atoms with Crippen LogP contribution >= 0.6 is 0 Å². The van der Waals surface area contributed by atoms with Gasteiger partial charge in [0.05, 0.1) is 11.1 Å². The van der Waals surface area contributed by atoms with Crippen molar-refractivity contribution >= 4 is 22.7 Å². The van der Waals surface area contributed by atoms with Crippen LogP contribution in [0.4, 0.5) is 5.82 Å². The maximum atomic E-state index is 11.3. The van der Waals surface area contributed by atoms with E-state index in [1.165, 1.54) is 12.8 Å². The fraction of sp³-hybridized carbons (Fsp3) is 0.286. The molecule has 4 heteroatoms. The van der Waals surface area contributed by atoms with Gasteiger partial charge in [0.15, 0.2) is 0 Å². The number of carbonyl (C=O) groups is 1. The van der Waals surface area contributed by atoms with E-state index in [2.05, 4.69) is 10.3 Å². The quantitative estimate of drug-likeness (QED) is 0.865. The normalized spacial score (nSPS) is 14.7. The lowest BCUT2D eigenvalue weighted by Crippen LogP contribution is -2.07. The number of aromatic carboxylic acids is 1. The highest BCUT2D eigenvalue weighted by atomic mass is 16.4. The van der Waals surface area contributed by atoms with Gasteiger partial charge in [-0.1, -0.05) is 18.2 Å². The molecule has 3 rings (SSSR count). The number of hydrogen-bond donors (Lipinski definition) is 2. The van der Waals surface area contributed by atoms with E-state index in [9.17, 15) is 9.90 Å². The molecular weight excluding hydrogens is 228 g/mol. The fourth-order valence-corrected chi connectivity index (χ4v) is 2.01. The number of pyridine rings is 1. The Morgan fingerprint density at radius 1 is 1.39 bits per heavy atom. The first-order chi connectivity index (χ1) is 8.74. The average Bonchev–Trinajstić information content (AvgIpc) is 3.19. The molecule has 2 N–H and O–H groups in total. The number of hydrogen-bond acceptors (Lipinski definition) is 3. The van der Waals surface area contributed by atoms with Crippen LogP contribution in [0.5, 0.6) is 0 Å². The number of carboxylic acid groups (broad SMARTS) is 1. The Kier molecular flexibility index (Phi) is 2.63. The monoisotopic (exact) mass is 242 g/mol. The van der Waals surface area contributed by atoms with E-state index in [1.54, 1.807) is 12.1 Å². The van der Waals surface area contributed by atoms with Gasteiger partial charge in [0.25, 0.3) is 0 Å². The zero-order valence-corrected chi connectivity index (χ0v) is 9.89. The molecule has 0 saturated heterocycles. The minimum Gasteiger partial charge on any atom is -0.478 e. The van der Waals surface area contributed by atoms with E-state index >= 15 is 0 Å². The van der Waals surface area contributed by atoms with E-state index in [0.29, 0.717) is 16.8 Å². The molecule has 92 valence electrons. The lowest BCUT2D eigenvalue weighted by molar-refractivity contribution is 0.0699. The lowest BCUT2D eigenvalue weighted by Gasteiger charge is -2.08. The third-order valence-corrected chi connectivity index (χ3v) is 3.22. The van der Waals surface area contributed by atoms with Crippen molar-refractivity contribution in [3.63, 3.8) is 0 Å². The van der Waals surface area contributed by atoms with Crippen LogP contribution in [0.2, 0.25) is 0 Å². The van der Waals surface area contributed by atoms with E-state index in [4.69, 9.17) is 0 Å². The van der Waals surface area contributed by atoms with Crippen LogP contribution < -0.4 is 5.32 Å². The summed E-state index contributed by atoms with van der Waals surface area (Å²) in [5, 5.41) is 13.1. The molecule has 1 aromatic carbocycles. The Hall–Kier alpha value is -2.10. The molecule has 1 aliphatic rings. The van der Waals surface area contributed by atoms with Crippen molar-refractivity contribution in [2.45, 2.75) is 12.8 Å². The first-order valence-electron chi connectivity index (χ1n) is 6.11. The molecule has 1 heterocycles. The predicted octanol–water partition coefficient (Wildman–Crippen LogP) is 2.75. The number of rotatable bonds is 4. The molecule has 0 spiro atoms. The van der Waals surface area contributed by atoms with Gasteiger partial charge in [-0.3, -0.25) is 0 Å². The van der Waals surface area contributed by atoms with Crippen molar-refractivity contribution in [2.75, 3.05) is 11.9 Å². The number of nitrogens with zero attached hydrogens (tertiary/aromatic N) is 1. The Morgan fingerprint density at radius 3 is 2.89 bits per heavy atom. The molecule has 1 fully saturated rings. The number of fused-ring (bicyclic) bond motifs is 1. The van der Waals surface area contributed by atoms with Gasteiger partial charge in [0.1, 0.15) is 5.82 Å². The zero-order valence-electron chi connectivity index (χ0n) is 9.89. The highest BCUT2D eigenvalue weighted by Gasteiger charge is 2.21. The summed E-state index contributed by atoms with van der Waals surface area (Å²) in [4.78, 5) is 15.7. The number of benzene rings is 1. The standard InChI is InChI=1S/C14H14N2O2/c17-14(18)11-7-13(15-8-9-5-6-9)16-12-4-2-1-3-10(11)12/h1-4,7,9H,5-6,8H2,(H,15,16)(H,17,18). The van der Waals surface area contributed by atoms with Gasteiger partial charge in [-0.15, -0.1) is 0 Å². The van der Waals surface area contributed by atoms with Crippen LogP contribution in [-0.2, 0) is 0 Å². The average molecular weight is 242 g/mol. The van der Waals surface area contributed by atoms with Crippen molar-refractivity contribution in [1.82, 2.24) is 4.98 Å². The summed E-state index contributed by atoms with van der Waals surface area (Å²) in [6.07, 6.45) is 2.51. The Balaban J connectivity index is 2.01. The highest BCUT2D eigenvalue weighted by Crippen LogP contribution is 2.29. The van der Waals surface area contributed by atoms with Gasteiger partial charge in [-0.2, -0.15) is 0 Å². The first kappa shape index (κ1) is 11.0. The van der Waals surface area contributed by atoms with Crippen LogP contribution in [0.25, 0.3) is 10.9 Å². The maximum absolute atomic E-state index is 11.3. The first-order valence-corrected chi connectivity index (χ1v) is 6.11. The van der Waals surface area contributed by atoms with Crippen molar-refractivity contribution in [3.05, 3.63) is 35.9 Å². The summed E-state index contributed by atoms with van der Waals surface area (Å²) in [6.45, 7) is 0.879. The summed E-state index contributed by atoms with van der Waals surface area (Å²) < 4.78 is 0. The summed E-state index contributed by atoms with van der Waals surface area (Å²) >= 11 is 0. The fourth-order valence-electron chi connectivity index (χ4n) is 2.01. The van der Waals surface area contributed by atoms with Crippen molar-refractivity contribution < 1.29 is 9.90 Å². The smallest absolute Gasteiger partial charge is 0.336 e. The molecule has 4 nitrogen and oxygen atoms in total. The largest absolute Gasteiger partial charge is 0.478 e. The van der Waals surface area contributed by atoms with E-state index in [1.807, 2.05) is 18.2 Å². The number of nitrogens with one attached hydrogen (secondary N) is 1. The lowest BCUT2D eigenvalue weighted by atomic mass is 10.1. The van der Waals surface area contributed by atoms with Gasteiger partial charge in [0, 0.05) is 11.9 Å². The van der Waals surface area contributed by atoms with Gasteiger partial charge in [-0.25, -0.2) is 9.78 Å². The van der Waals surface area contributed by atoms with Crippen LogP contribution in [-0.4, -0.2) is 22.6 Å². The van der Waals surface area contributed by atoms with Gasteiger partial charge < -0.3 is 10.4 Å². The molecule has 0 atom stereocenters. The second-order valence-electron chi connectivity index (χ2n) is 4.70. The summed E-state index contributed by atoms with van der Waals surface area (Å²) in [7, 11) is 0. The molecule has 0 bridgehead atoms. The molecule has 1 saturated carbocycles. The summed E-state index contributed by atoms with van der Waals surface area (Å²) in [6, 6.07) is 8.94. The topological polar surface area (TPSA) is 62.2 Å². The number of para-hydroxylation sites is 1. The third-order valence-electron chi connectivity index (χ3n) is 3.22. The molecule has 18 heavy (non-hydrogen) atoms. The molecule has 2 aromatic rings. The van der Waals surface area contributed by atoms with Crippen LogP contribution in [0.3, 0.4) is 0 Å². The van der Waals surface area contributed by atoms with Gasteiger partial charge in [-0.05, 0) is 30.9 Å². The number of anilines is 1. The van der Waals surface area contributed by atoms with Crippen molar-refractivity contribution in [2.24, 2.45) is 5.92 Å². The molecule has 1 aliphatic carbocycles. The Labute approximate surface area is 105 Å². The van der Waals surface area contributed by atoms with Crippen LogP contribution in [0.15, 0.2) is 30.3 Å². The Bertz CT molecular complexity index is 606.